The van der Waals surface area contributed by atoms with Crippen LogP contribution < -0.4 is 5.56 Å². The molecule has 0 amide bonds. The normalized spacial score (nSPS) is 11.7. The fraction of sp³-hybridized carbons (Fsp3) is 0.188. The van der Waals surface area contributed by atoms with Crippen LogP contribution in [0.1, 0.15) is 23.5 Å². The first kappa shape index (κ1) is 16.4. The molecule has 114 valence electrons. The molecule has 0 radical (unpaired) electrons. The van der Waals surface area contributed by atoms with Gasteiger partial charge in [-0.25, -0.2) is 13.2 Å². The molecule has 2 aromatic rings. The summed E-state index contributed by atoms with van der Waals surface area (Å²) in [6.45, 7) is 0. The van der Waals surface area contributed by atoms with E-state index in [1.807, 2.05) is 0 Å². The van der Waals surface area contributed by atoms with Crippen molar-refractivity contribution in [3.8, 4) is 10.8 Å². The molecule has 1 aromatic heterocycles. The zero-order valence-electron chi connectivity index (χ0n) is 11.5. The Morgan fingerprint density at radius 3 is 2.68 bits per heavy atom. The van der Waals surface area contributed by atoms with E-state index in [9.17, 15) is 18.0 Å². The molecule has 0 saturated carbocycles. The van der Waals surface area contributed by atoms with Gasteiger partial charge in [-0.15, -0.1) is 0 Å². The third-order valence-corrected chi connectivity index (χ3v) is 3.58. The maximum atomic E-state index is 14.1. The summed E-state index contributed by atoms with van der Waals surface area (Å²) in [5, 5.41) is 0. The highest BCUT2D eigenvalue weighted by molar-refractivity contribution is 9.12. The van der Waals surface area contributed by atoms with Crippen LogP contribution in [0.4, 0.5) is 13.2 Å². The Kier molecular flexibility index (Phi) is 5.09. The van der Waals surface area contributed by atoms with E-state index in [0.717, 1.165) is 6.07 Å². The SMILES string of the molecule is Cn1cccc(C(CC#CBr)c2cc(F)cc(F)c2F)c1=O. The molecule has 0 aliphatic carbocycles. The summed E-state index contributed by atoms with van der Waals surface area (Å²) in [5.41, 5.74) is -0.367. The predicted octanol–water partition coefficient (Wildman–Crippen LogP) is 3.68. The highest BCUT2D eigenvalue weighted by atomic mass is 79.9. The van der Waals surface area contributed by atoms with Crippen molar-refractivity contribution in [3.05, 3.63) is 69.4 Å². The van der Waals surface area contributed by atoms with Crippen molar-refractivity contribution in [1.29, 1.82) is 0 Å². The molecule has 22 heavy (non-hydrogen) atoms. The molecule has 1 unspecified atom stereocenters. The van der Waals surface area contributed by atoms with Crippen molar-refractivity contribution in [2.75, 3.05) is 0 Å². The van der Waals surface area contributed by atoms with E-state index < -0.39 is 23.4 Å². The third-order valence-electron chi connectivity index (χ3n) is 3.30. The topological polar surface area (TPSA) is 22.0 Å². The van der Waals surface area contributed by atoms with E-state index in [0.29, 0.717) is 6.07 Å². The molecule has 0 fully saturated rings. The van der Waals surface area contributed by atoms with Gasteiger partial charge in [-0.2, -0.15) is 0 Å². The Hall–Kier alpha value is -2.00. The Morgan fingerprint density at radius 2 is 2.00 bits per heavy atom. The first-order valence-electron chi connectivity index (χ1n) is 6.34. The average molecular weight is 370 g/mol. The number of hydrogen-bond acceptors (Lipinski definition) is 1. The largest absolute Gasteiger partial charge is 0.318 e. The highest BCUT2D eigenvalue weighted by Gasteiger charge is 2.23. The van der Waals surface area contributed by atoms with Crippen LogP contribution in [0.5, 0.6) is 0 Å². The van der Waals surface area contributed by atoms with Crippen molar-refractivity contribution < 1.29 is 13.2 Å². The van der Waals surface area contributed by atoms with Crippen molar-refractivity contribution in [1.82, 2.24) is 4.57 Å². The first-order valence-corrected chi connectivity index (χ1v) is 7.13. The molecule has 0 bridgehead atoms. The minimum absolute atomic E-state index is 0.0459. The molecule has 0 spiro atoms. The molecule has 1 atom stereocenters. The van der Waals surface area contributed by atoms with E-state index in [2.05, 4.69) is 26.7 Å². The van der Waals surface area contributed by atoms with Crippen LogP contribution in [-0.2, 0) is 7.05 Å². The van der Waals surface area contributed by atoms with Gasteiger partial charge in [-0.3, -0.25) is 4.79 Å². The predicted molar refractivity (Wildman–Crippen MR) is 81.2 cm³/mol. The molecular weight excluding hydrogens is 359 g/mol. The third kappa shape index (κ3) is 3.25. The van der Waals surface area contributed by atoms with Gasteiger partial charge in [0.05, 0.1) is 0 Å². The van der Waals surface area contributed by atoms with E-state index in [1.54, 1.807) is 19.3 Å². The van der Waals surface area contributed by atoms with Crippen LogP contribution in [-0.4, -0.2) is 4.57 Å². The van der Waals surface area contributed by atoms with E-state index in [-0.39, 0.29) is 23.1 Å². The summed E-state index contributed by atoms with van der Waals surface area (Å²) in [5.74, 6) is -1.57. The van der Waals surface area contributed by atoms with E-state index >= 15 is 0 Å². The van der Waals surface area contributed by atoms with Crippen LogP contribution in [0, 0.1) is 28.2 Å². The van der Waals surface area contributed by atoms with Gasteiger partial charge >= 0.3 is 0 Å². The maximum Gasteiger partial charge on any atom is 0.254 e. The number of hydrogen-bond donors (Lipinski definition) is 0. The average Bonchev–Trinajstić information content (AvgIpc) is 2.48. The molecule has 2 rings (SSSR count). The van der Waals surface area contributed by atoms with Crippen molar-refractivity contribution in [3.63, 3.8) is 0 Å². The van der Waals surface area contributed by atoms with Crippen LogP contribution in [0.2, 0.25) is 0 Å². The molecule has 1 aromatic carbocycles. The first-order chi connectivity index (χ1) is 10.5. The monoisotopic (exact) mass is 369 g/mol. The number of aryl methyl sites for hydroxylation is 1. The van der Waals surface area contributed by atoms with Crippen LogP contribution >= 0.6 is 15.9 Å². The highest BCUT2D eigenvalue weighted by Crippen LogP contribution is 2.29. The van der Waals surface area contributed by atoms with Crippen molar-refractivity contribution >= 4 is 15.9 Å². The van der Waals surface area contributed by atoms with Gasteiger partial charge in [-0.05, 0) is 17.0 Å². The molecule has 1 heterocycles. The minimum Gasteiger partial charge on any atom is -0.318 e. The summed E-state index contributed by atoms with van der Waals surface area (Å²) in [6.07, 6.45) is 1.59. The van der Waals surface area contributed by atoms with Crippen molar-refractivity contribution in [2.45, 2.75) is 12.3 Å². The Labute approximate surface area is 133 Å². The van der Waals surface area contributed by atoms with Gasteiger partial charge in [0.1, 0.15) is 5.82 Å². The Morgan fingerprint density at radius 1 is 1.27 bits per heavy atom. The number of halogens is 4. The zero-order valence-corrected chi connectivity index (χ0v) is 13.1. The molecule has 0 aliphatic heterocycles. The van der Waals surface area contributed by atoms with Crippen molar-refractivity contribution in [2.24, 2.45) is 7.05 Å². The summed E-state index contributed by atoms with van der Waals surface area (Å²) in [4.78, 5) is 14.7. The summed E-state index contributed by atoms with van der Waals surface area (Å²) >= 11 is 2.92. The minimum atomic E-state index is -1.29. The van der Waals surface area contributed by atoms with Gasteiger partial charge in [0.2, 0.25) is 0 Å². The maximum absolute atomic E-state index is 14.1. The number of nitrogens with zero attached hydrogens (tertiary/aromatic N) is 1. The number of benzene rings is 1. The lowest BCUT2D eigenvalue weighted by Gasteiger charge is -2.16. The standard InChI is InChI=1S/C16H11BrF3NO/c1-21-7-3-5-12(16(21)22)11(4-2-6-17)13-8-10(18)9-14(19)15(13)20/h3,5,7-9,11H,4H2,1H3. The second kappa shape index (κ2) is 6.84. The van der Waals surface area contributed by atoms with Crippen LogP contribution in [0.25, 0.3) is 0 Å². The fourth-order valence-electron chi connectivity index (χ4n) is 2.24. The Bertz CT molecular complexity index is 820. The summed E-state index contributed by atoms with van der Waals surface area (Å²) in [7, 11) is 1.54. The fourth-order valence-corrected chi connectivity index (χ4v) is 2.40. The second-order valence-electron chi connectivity index (χ2n) is 4.70. The van der Waals surface area contributed by atoms with Gasteiger partial charge in [-0.1, -0.05) is 12.0 Å². The molecule has 0 saturated heterocycles. The van der Waals surface area contributed by atoms with Gasteiger partial charge < -0.3 is 4.57 Å². The molecule has 6 heteroatoms. The lowest BCUT2D eigenvalue weighted by atomic mass is 9.89. The molecule has 0 aliphatic rings. The molecule has 2 nitrogen and oxygen atoms in total. The quantitative estimate of drug-likeness (QED) is 0.597. The van der Waals surface area contributed by atoms with Gasteiger partial charge in [0, 0.05) is 58.7 Å². The van der Waals surface area contributed by atoms with E-state index in [4.69, 9.17) is 0 Å². The van der Waals surface area contributed by atoms with Gasteiger partial charge in [0.25, 0.3) is 5.56 Å². The van der Waals surface area contributed by atoms with Crippen LogP contribution in [0.3, 0.4) is 0 Å². The zero-order chi connectivity index (χ0) is 16.3. The smallest absolute Gasteiger partial charge is 0.254 e. The molecular formula is C16H11BrF3NO. The number of aromatic nitrogens is 1. The number of pyridine rings is 1. The molecule has 0 N–H and O–H groups in total. The lowest BCUT2D eigenvalue weighted by molar-refractivity contribution is 0.479. The lowest BCUT2D eigenvalue weighted by Crippen LogP contribution is -2.23. The summed E-state index contributed by atoms with van der Waals surface area (Å²) in [6, 6.07) is 4.48. The van der Waals surface area contributed by atoms with E-state index in [1.165, 1.54) is 10.6 Å². The number of rotatable bonds is 3. The van der Waals surface area contributed by atoms with Crippen LogP contribution in [0.15, 0.2) is 35.3 Å². The second-order valence-corrected chi connectivity index (χ2v) is 5.09. The Balaban J connectivity index is 2.68. The summed E-state index contributed by atoms with van der Waals surface area (Å²) < 4.78 is 42.3. The van der Waals surface area contributed by atoms with Gasteiger partial charge in [0.15, 0.2) is 11.6 Å².